The molecule has 10 heteroatoms. The van der Waals surface area contributed by atoms with Crippen molar-refractivity contribution in [2.45, 2.75) is 31.3 Å². The van der Waals surface area contributed by atoms with E-state index in [1.165, 1.54) is 36.6 Å². The molecule has 0 aliphatic carbocycles. The van der Waals surface area contributed by atoms with Crippen molar-refractivity contribution in [1.82, 2.24) is 4.98 Å². The number of hydrogen-bond donors (Lipinski definition) is 1. The van der Waals surface area contributed by atoms with E-state index in [1.807, 2.05) is 6.92 Å². The van der Waals surface area contributed by atoms with Gasteiger partial charge in [-0.15, -0.1) is 11.3 Å². The van der Waals surface area contributed by atoms with Crippen molar-refractivity contribution in [3.05, 3.63) is 52.0 Å². The Labute approximate surface area is 195 Å². The summed E-state index contributed by atoms with van der Waals surface area (Å²) in [7, 11) is -2.61. The third-order valence-electron chi connectivity index (χ3n) is 4.41. The fourth-order valence-electron chi connectivity index (χ4n) is 2.75. The van der Waals surface area contributed by atoms with Gasteiger partial charge in [0.25, 0.3) is 10.0 Å². The van der Waals surface area contributed by atoms with E-state index in [0.29, 0.717) is 16.1 Å². The SMILES string of the molecule is COC(=O)C(C)(C)OCC#Cc1cc(Cl)ccc1NS(=O)(=O)c1ccc2sc(C)nc2c1. The van der Waals surface area contributed by atoms with E-state index in [2.05, 4.69) is 26.3 Å². The van der Waals surface area contributed by atoms with Crippen molar-refractivity contribution >= 4 is 54.8 Å². The average Bonchev–Trinajstić information content (AvgIpc) is 3.11. The minimum Gasteiger partial charge on any atom is -0.467 e. The van der Waals surface area contributed by atoms with Crippen LogP contribution in [0, 0.1) is 18.8 Å². The standard InChI is InChI=1S/C22H21ClN2O5S2/c1-14-24-19-13-17(8-10-20(19)31-14)32(27,28)25-18-9-7-16(23)12-15(18)6-5-11-30-22(2,3)21(26)29-4/h7-10,12-13,25H,11H2,1-4H3. The molecule has 0 bridgehead atoms. The van der Waals surface area contributed by atoms with Crippen molar-refractivity contribution in [3.8, 4) is 11.8 Å². The Hall–Kier alpha value is -2.64. The number of esters is 1. The maximum absolute atomic E-state index is 13.0. The second kappa shape index (κ2) is 9.46. The highest BCUT2D eigenvalue weighted by atomic mass is 35.5. The van der Waals surface area contributed by atoms with Gasteiger partial charge in [-0.1, -0.05) is 23.4 Å². The molecule has 0 fully saturated rings. The largest absolute Gasteiger partial charge is 0.467 e. The molecule has 3 rings (SSSR count). The van der Waals surface area contributed by atoms with Gasteiger partial charge in [0.1, 0.15) is 6.61 Å². The van der Waals surface area contributed by atoms with Crippen molar-refractivity contribution in [2.75, 3.05) is 18.4 Å². The average molecular weight is 493 g/mol. The zero-order valence-electron chi connectivity index (χ0n) is 17.9. The quantitative estimate of drug-likeness (QED) is 0.405. The van der Waals surface area contributed by atoms with Gasteiger partial charge in [0.2, 0.25) is 0 Å². The van der Waals surface area contributed by atoms with E-state index >= 15 is 0 Å². The highest BCUT2D eigenvalue weighted by Crippen LogP contribution is 2.27. The highest BCUT2D eigenvalue weighted by molar-refractivity contribution is 7.92. The lowest BCUT2D eigenvalue weighted by molar-refractivity contribution is -0.163. The van der Waals surface area contributed by atoms with Gasteiger partial charge in [-0.05, 0) is 57.2 Å². The Kier molecular flexibility index (Phi) is 7.10. The molecule has 168 valence electrons. The number of carbonyl (C=O) groups excluding carboxylic acids is 1. The molecule has 0 unspecified atom stereocenters. The summed E-state index contributed by atoms with van der Waals surface area (Å²) in [6.07, 6.45) is 0. The number of thiazole rings is 1. The van der Waals surface area contributed by atoms with Gasteiger partial charge in [-0.2, -0.15) is 0 Å². The van der Waals surface area contributed by atoms with Gasteiger partial charge < -0.3 is 9.47 Å². The molecular formula is C22H21ClN2O5S2. The number of methoxy groups -OCH3 is 1. The predicted molar refractivity (Wildman–Crippen MR) is 126 cm³/mol. The predicted octanol–water partition coefficient (Wildman–Crippen LogP) is 4.38. The first-order valence-corrected chi connectivity index (χ1v) is 12.1. The summed E-state index contributed by atoms with van der Waals surface area (Å²) in [5.41, 5.74) is 0.0983. The molecule has 1 aromatic heterocycles. The van der Waals surface area contributed by atoms with Crippen LogP contribution in [0.2, 0.25) is 5.02 Å². The Morgan fingerprint density at radius 1 is 1.25 bits per heavy atom. The van der Waals surface area contributed by atoms with Crippen LogP contribution in [-0.2, 0) is 24.3 Å². The number of ether oxygens (including phenoxy) is 2. The number of nitrogens with one attached hydrogen (secondary N) is 1. The minimum atomic E-state index is -3.89. The number of aryl methyl sites for hydroxylation is 1. The van der Waals surface area contributed by atoms with Crippen LogP contribution in [0.5, 0.6) is 0 Å². The number of rotatable bonds is 6. The summed E-state index contributed by atoms with van der Waals surface area (Å²) in [4.78, 5) is 16.1. The molecule has 0 saturated carbocycles. The molecule has 0 amide bonds. The topological polar surface area (TPSA) is 94.6 Å². The Balaban J connectivity index is 1.83. The molecule has 0 atom stereocenters. The molecule has 0 radical (unpaired) electrons. The van der Waals surface area contributed by atoms with Crippen LogP contribution in [0.25, 0.3) is 10.2 Å². The molecule has 0 aliphatic heterocycles. The number of aromatic nitrogens is 1. The van der Waals surface area contributed by atoms with E-state index in [9.17, 15) is 13.2 Å². The van der Waals surface area contributed by atoms with Crippen LogP contribution >= 0.6 is 22.9 Å². The summed E-state index contributed by atoms with van der Waals surface area (Å²) < 4.78 is 39.5. The molecule has 7 nitrogen and oxygen atoms in total. The summed E-state index contributed by atoms with van der Waals surface area (Å²) in [6, 6.07) is 9.45. The number of hydrogen-bond acceptors (Lipinski definition) is 7. The molecule has 2 aromatic carbocycles. The highest BCUT2D eigenvalue weighted by Gasteiger charge is 2.29. The molecule has 1 heterocycles. The molecule has 1 N–H and O–H groups in total. The van der Waals surface area contributed by atoms with Gasteiger partial charge in [0.05, 0.1) is 38.5 Å². The van der Waals surface area contributed by atoms with Crippen LogP contribution in [0.15, 0.2) is 41.3 Å². The summed E-state index contributed by atoms with van der Waals surface area (Å²) in [6.45, 7) is 4.94. The Bertz CT molecular complexity index is 1340. The lowest BCUT2D eigenvalue weighted by atomic mass is 10.1. The van der Waals surface area contributed by atoms with E-state index in [4.69, 9.17) is 16.3 Å². The normalized spacial score (nSPS) is 11.7. The number of benzene rings is 2. The minimum absolute atomic E-state index is 0.0688. The second-order valence-corrected chi connectivity index (χ2v) is 10.6. The zero-order valence-corrected chi connectivity index (χ0v) is 20.2. The van der Waals surface area contributed by atoms with Crippen molar-refractivity contribution in [3.63, 3.8) is 0 Å². The number of sulfonamides is 1. The first-order chi connectivity index (χ1) is 15.0. The number of carbonyl (C=O) groups is 1. The first-order valence-electron chi connectivity index (χ1n) is 9.42. The van der Waals surface area contributed by atoms with Crippen molar-refractivity contribution in [1.29, 1.82) is 0 Å². The van der Waals surface area contributed by atoms with E-state index in [0.717, 1.165) is 9.71 Å². The maximum atomic E-state index is 13.0. The molecule has 0 aliphatic rings. The van der Waals surface area contributed by atoms with Crippen LogP contribution in [0.1, 0.15) is 24.4 Å². The van der Waals surface area contributed by atoms with Crippen LogP contribution < -0.4 is 4.72 Å². The zero-order chi connectivity index (χ0) is 23.5. The van der Waals surface area contributed by atoms with Gasteiger partial charge in [-0.25, -0.2) is 18.2 Å². The molecule has 0 spiro atoms. The molecule has 0 saturated heterocycles. The molecule has 3 aromatic rings. The van der Waals surface area contributed by atoms with E-state index in [-0.39, 0.29) is 17.2 Å². The number of anilines is 1. The van der Waals surface area contributed by atoms with Gasteiger partial charge >= 0.3 is 5.97 Å². The Morgan fingerprint density at radius 3 is 2.72 bits per heavy atom. The molecule has 32 heavy (non-hydrogen) atoms. The monoisotopic (exact) mass is 492 g/mol. The Morgan fingerprint density at radius 2 is 2.00 bits per heavy atom. The summed E-state index contributed by atoms with van der Waals surface area (Å²) >= 11 is 7.57. The van der Waals surface area contributed by atoms with Crippen LogP contribution in [-0.4, -0.2) is 38.7 Å². The van der Waals surface area contributed by atoms with Crippen molar-refractivity contribution < 1.29 is 22.7 Å². The fourth-order valence-corrected chi connectivity index (χ4v) is 4.83. The van der Waals surface area contributed by atoms with Crippen molar-refractivity contribution in [2.24, 2.45) is 0 Å². The maximum Gasteiger partial charge on any atom is 0.337 e. The second-order valence-electron chi connectivity index (χ2n) is 7.25. The van der Waals surface area contributed by atoms with Gasteiger partial charge in [0, 0.05) is 5.02 Å². The smallest absolute Gasteiger partial charge is 0.337 e. The van der Waals surface area contributed by atoms with E-state index < -0.39 is 21.6 Å². The third kappa shape index (κ3) is 5.58. The van der Waals surface area contributed by atoms with Crippen LogP contribution in [0.4, 0.5) is 5.69 Å². The van der Waals surface area contributed by atoms with Crippen LogP contribution in [0.3, 0.4) is 0 Å². The summed E-state index contributed by atoms with van der Waals surface area (Å²) in [5.74, 6) is 5.09. The fraction of sp³-hybridized carbons (Fsp3) is 0.273. The van der Waals surface area contributed by atoms with E-state index in [1.54, 1.807) is 32.0 Å². The lowest BCUT2D eigenvalue weighted by Crippen LogP contribution is -2.36. The third-order valence-corrected chi connectivity index (χ3v) is 6.96. The van der Waals surface area contributed by atoms with Gasteiger partial charge in [0.15, 0.2) is 5.60 Å². The number of fused-ring (bicyclic) bond motifs is 1. The number of nitrogens with zero attached hydrogens (tertiary/aromatic N) is 1. The first kappa shape index (κ1) is 24.0. The number of halogens is 1. The van der Waals surface area contributed by atoms with Gasteiger partial charge in [-0.3, -0.25) is 4.72 Å². The molecular weight excluding hydrogens is 472 g/mol. The lowest BCUT2D eigenvalue weighted by Gasteiger charge is -2.20. The summed E-state index contributed by atoms with van der Waals surface area (Å²) in [5, 5.41) is 1.25.